The predicted octanol–water partition coefficient (Wildman–Crippen LogP) is 3.70. The molecule has 0 aliphatic carbocycles. The van der Waals surface area contributed by atoms with Crippen molar-refractivity contribution in [3.8, 4) is 0 Å². The third kappa shape index (κ3) is 6.70. The van der Waals surface area contributed by atoms with Crippen LogP contribution in [0.25, 0.3) is 0 Å². The molecule has 1 atom stereocenters. The number of hydrogen-bond acceptors (Lipinski definition) is 3. The Morgan fingerprint density at radius 2 is 2.26 bits per heavy atom. The van der Waals surface area contributed by atoms with E-state index in [4.69, 9.17) is 4.74 Å². The van der Waals surface area contributed by atoms with Crippen molar-refractivity contribution in [2.45, 2.75) is 44.8 Å². The second-order valence-corrected chi connectivity index (χ2v) is 5.64. The van der Waals surface area contributed by atoms with Crippen LogP contribution in [0.5, 0.6) is 0 Å². The summed E-state index contributed by atoms with van der Waals surface area (Å²) in [5.74, 6) is 0. The van der Waals surface area contributed by atoms with Crippen molar-refractivity contribution in [2.24, 2.45) is 0 Å². The summed E-state index contributed by atoms with van der Waals surface area (Å²) in [5, 5.41) is 3.56. The van der Waals surface area contributed by atoms with E-state index in [9.17, 15) is 0 Å². The number of nitrogens with zero attached hydrogens (tertiary/aromatic N) is 1. The van der Waals surface area contributed by atoms with E-state index in [1.165, 1.54) is 32.2 Å². The molecule has 0 bridgehead atoms. The first-order chi connectivity index (χ1) is 8.84. The molecule has 19 heavy (non-hydrogen) atoms. The summed E-state index contributed by atoms with van der Waals surface area (Å²) in [6.07, 6.45) is 8.27. The summed E-state index contributed by atoms with van der Waals surface area (Å²) in [5.41, 5.74) is 1.13. The lowest BCUT2D eigenvalue weighted by atomic mass is 10.0. The molecule has 3 nitrogen and oxygen atoms in total. The first-order valence-corrected chi connectivity index (χ1v) is 7.55. The molecule has 1 aromatic rings. The van der Waals surface area contributed by atoms with E-state index in [2.05, 4.69) is 26.2 Å². The average molecular weight is 350 g/mol. The number of piperidine rings is 1. The fraction of sp³-hybridized carbons (Fsp3) is 0.643. The Kier molecular flexibility index (Phi) is 8.62. The van der Waals surface area contributed by atoms with Crippen LogP contribution >= 0.6 is 28.3 Å². The summed E-state index contributed by atoms with van der Waals surface area (Å²) >= 11 is 3.32. The number of nitrogens with one attached hydrogen (secondary N) is 1. The largest absolute Gasteiger partial charge is 0.377 e. The monoisotopic (exact) mass is 348 g/mol. The van der Waals surface area contributed by atoms with Crippen LogP contribution in [0.2, 0.25) is 0 Å². The molecular formula is C14H22BrClN2O. The lowest BCUT2D eigenvalue weighted by Crippen LogP contribution is -2.33. The van der Waals surface area contributed by atoms with Crippen molar-refractivity contribution < 1.29 is 4.74 Å². The Morgan fingerprint density at radius 1 is 1.37 bits per heavy atom. The highest BCUT2D eigenvalue weighted by Gasteiger charge is 2.11. The van der Waals surface area contributed by atoms with Crippen LogP contribution in [0, 0.1) is 0 Å². The van der Waals surface area contributed by atoms with E-state index in [0.29, 0.717) is 6.61 Å². The molecule has 1 unspecified atom stereocenters. The van der Waals surface area contributed by atoms with Crippen LogP contribution < -0.4 is 5.32 Å². The van der Waals surface area contributed by atoms with Crippen molar-refractivity contribution >= 4 is 28.3 Å². The van der Waals surface area contributed by atoms with Crippen molar-refractivity contribution in [1.82, 2.24) is 10.3 Å². The number of ether oxygens (including phenoxy) is 1. The Labute approximate surface area is 130 Å². The molecule has 1 aliphatic heterocycles. The first kappa shape index (κ1) is 16.9. The third-order valence-electron chi connectivity index (χ3n) is 3.31. The Hall–Kier alpha value is -0.160. The van der Waals surface area contributed by atoms with Gasteiger partial charge >= 0.3 is 0 Å². The van der Waals surface area contributed by atoms with Gasteiger partial charge in [-0.1, -0.05) is 12.5 Å². The molecule has 2 rings (SSSR count). The number of rotatable bonds is 6. The minimum absolute atomic E-state index is 0. The molecule has 0 amide bonds. The summed E-state index contributed by atoms with van der Waals surface area (Å²) in [6.45, 7) is 2.70. The summed E-state index contributed by atoms with van der Waals surface area (Å²) in [6, 6.07) is 4.71. The van der Waals surface area contributed by atoms with Gasteiger partial charge < -0.3 is 10.1 Å². The van der Waals surface area contributed by atoms with Gasteiger partial charge in [-0.3, -0.25) is 0 Å². The predicted molar refractivity (Wildman–Crippen MR) is 83.7 cm³/mol. The van der Waals surface area contributed by atoms with Gasteiger partial charge in [-0.15, -0.1) is 12.4 Å². The molecule has 1 aliphatic rings. The quantitative estimate of drug-likeness (QED) is 0.628. The Morgan fingerprint density at radius 3 is 2.95 bits per heavy atom. The highest BCUT2D eigenvalue weighted by Crippen LogP contribution is 2.12. The van der Waals surface area contributed by atoms with Crippen LogP contribution in [0.1, 0.15) is 37.7 Å². The van der Waals surface area contributed by atoms with Gasteiger partial charge in [0.15, 0.2) is 0 Å². The van der Waals surface area contributed by atoms with E-state index in [-0.39, 0.29) is 12.4 Å². The molecule has 0 aromatic carbocycles. The van der Waals surface area contributed by atoms with Gasteiger partial charge in [-0.05, 0) is 59.8 Å². The molecule has 108 valence electrons. The second-order valence-electron chi connectivity index (χ2n) is 4.83. The van der Waals surface area contributed by atoms with Gasteiger partial charge in [0.2, 0.25) is 0 Å². The average Bonchev–Trinajstić information content (AvgIpc) is 2.42. The van der Waals surface area contributed by atoms with Crippen LogP contribution in [0.3, 0.4) is 0 Å². The molecule has 1 fully saturated rings. The summed E-state index contributed by atoms with van der Waals surface area (Å²) in [4.78, 5) is 4.18. The summed E-state index contributed by atoms with van der Waals surface area (Å²) in [7, 11) is 0. The molecule has 0 radical (unpaired) electrons. The van der Waals surface area contributed by atoms with Crippen molar-refractivity contribution in [3.63, 3.8) is 0 Å². The maximum absolute atomic E-state index is 5.67. The van der Waals surface area contributed by atoms with Gasteiger partial charge in [0.25, 0.3) is 0 Å². The fourth-order valence-corrected chi connectivity index (χ4v) is 2.52. The van der Waals surface area contributed by atoms with Gasteiger partial charge in [0.1, 0.15) is 4.60 Å². The highest BCUT2D eigenvalue weighted by atomic mass is 79.9. The van der Waals surface area contributed by atoms with Crippen LogP contribution in [-0.2, 0) is 11.3 Å². The number of pyridine rings is 1. The smallest absolute Gasteiger partial charge is 0.106 e. The zero-order valence-corrected chi connectivity index (χ0v) is 13.5. The maximum atomic E-state index is 5.67. The Bertz CT molecular complexity index is 342. The molecule has 2 heterocycles. The van der Waals surface area contributed by atoms with Crippen molar-refractivity contribution in [2.75, 3.05) is 13.2 Å². The zero-order chi connectivity index (χ0) is 12.6. The minimum atomic E-state index is 0. The number of halogens is 2. The fourth-order valence-electron chi connectivity index (χ4n) is 2.28. The van der Waals surface area contributed by atoms with E-state index >= 15 is 0 Å². The van der Waals surface area contributed by atoms with Crippen molar-refractivity contribution in [1.29, 1.82) is 0 Å². The lowest BCUT2D eigenvalue weighted by Gasteiger charge is -2.23. The van der Waals surface area contributed by atoms with Gasteiger partial charge in [-0.2, -0.15) is 0 Å². The number of hydrogen-bond donors (Lipinski definition) is 1. The van der Waals surface area contributed by atoms with E-state index in [1.54, 1.807) is 0 Å². The molecular weight excluding hydrogens is 328 g/mol. The zero-order valence-electron chi connectivity index (χ0n) is 11.1. The van der Waals surface area contributed by atoms with E-state index in [1.807, 2.05) is 18.3 Å². The lowest BCUT2D eigenvalue weighted by molar-refractivity contribution is 0.114. The molecule has 0 spiro atoms. The molecule has 1 N–H and O–H groups in total. The molecule has 1 aromatic heterocycles. The first-order valence-electron chi connectivity index (χ1n) is 6.76. The van der Waals surface area contributed by atoms with Crippen LogP contribution in [0.15, 0.2) is 22.9 Å². The topological polar surface area (TPSA) is 34.1 Å². The normalized spacial score (nSPS) is 18.9. The molecule has 1 saturated heterocycles. The van der Waals surface area contributed by atoms with Crippen molar-refractivity contribution in [3.05, 3.63) is 28.5 Å². The Balaban J connectivity index is 0.00000180. The molecule has 5 heteroatoms. The third-order valence-corrected chi connectivity index (χ3v) is 3.78. The second kappa shape index (κ2) is 9.70. The van der Waals surface area contributed by atoms with Gasteiger partial charge in [-0.25, -0.2) is 4.98 Å². The van der Waals surface area contributed by atoms with Crippen LogP contribution in [0.4, 0.5) is 0 Å². The number of aromatic nitrogens is 1. The van der Waals surface area contributed by atoms with Gasteiger partial charge in [0.05, 0.1) is 6.61 Å². The maximum Gasteiger partial charge on any atom is 0.106 e. The van der Waals surface area contributed by atoms with Gasteiger partial charge in [0, 0.05) is 18.8 Å². The van der Waals surface area contributed by atoms with Crippen LogP contribution in [-0.4, -0.2) is 24.2 Å². The van der Waals surface area contributed by atoms with E-state index < -0.39 is 0 Å². The van der Waals surface area contributed by atoms with E-state index in [0.717, 1.165) is 29.2 Å². The summed E-state index contributed by atoms with van der Waals surface area (Å²) < 4.78 is 6.54. The SMILES string of the molecule is Brc1ccc(COCCCC2CCCCN2)cn1.Cl. The molecule has 0 saturated carbocycles. The minimum Gasteiger partial charge on any atom is -0.377 e. The standard InChI is InChI=1S/C14H21BrN2O.ClH/c15-14-7-6-12(10-17-14)11-18-9-3-5-13-4-1-2-8-16-13;/h6-7,10,13,16H,1-5,8-9,11H2;1H. The highest BCUT2D eigenvalue weighted by molar-refractivity contribution is 9.10.